The molecule has 0 aliphatic carbocycles. The summed E-state index contributed by atoms with van der Waals surface area (Å²) < 4.78 is 29.1. The summed E-state index contributed by atoms with van der Waals surface area (Å²) in [5, 5.41) is 10.7. The molecule has 132 valence electrons. The van der Waals surface area contributed by atoms with Crippen LogP contribution in [0, 0.1) is 0 Å². The number of fused-ring (bicyclic) bond motifs is 1. The Morgan fingerprint density at radius 2 is 1.92 bits per heavy atom. The number of halogens is 2. The fourth-order valence-electron chi connectivity index (χ4n) is 2.68. The molecule has 0 saturated carbocycles. The lowest BCUT2D eigenvalue weighted by atomic mass is 10.1. The smallest absolute Gasteiger partial charge is 0.242 e. The number of nitrogens with one attached hydrogen (secondary N) is 2. The fourth-order valence-corrected chi connectivity index (χ4v) is 5.40. The number of hydrogen-bond donors (Lipinski definition) is 3. The number of benzene rings is 2. The van der Waals surface area contributed by atoms with Crippen LogP contribution in [0.4, 0.5) is 0 Å². The highest BCUT2D eigenvalue weighted by atomic mass is 79.9. The first-order valence-electron chi connectivity index (χ1n) is 7.54. The minimum absolute atomic E-state index is 0.124. The van der Waals surface area contributed by atoms with E-state index in [1.165, 1.54) is 6.07 Å². The van der Waals surface area contributed by atoms with Crippen molar-refractivity contribution in [1.29, 1.82) is 0 Å². The first-order chi connectivity index (χ1) is 11.9. The van der Waals surface area contributed by atoms with Crippen molar-refractivity contribution in [3.8, 4) is 0 Å². The molecule has 0 unspecified atom stereocenters. The van der Waals surface area contributed by atoms with E-state index in [1.807, 2.05) is 30.5 Å². The van der Waals surface area contributed by atoms with E-state index in [9.17, 15) is 13.5 Å². The van der Waals surface area contributed by atoms with E-state index < -0.39 is 16.1 Å². The van der Waals surface area contributed by atoms with Gasteiger partial charge in [0, 0.05) is 32.1 Å². The third-order valence-corrected chi connectivity index (χ3v) is 6.87. The first-order valence-corrected chi connectivity index (χ1v) is 10.6. The van der Waals surface area contributed by atoms with Gasteiger partial charge in [0.25, 0.3) is 0 Å². The molecule has 1 heterocycles. The van der Waals surface area contributed by atoms with Crippen LogP contribution in [0.5, 0.6) is 0 Å². The maximum atomic E-state index is 12.7. The highest BCUT2D eigenvalue weighted by Gasteiger charge is 2.23. The van der Waals surface area contributed by atoms with Crippen molar-refractivity contribution in [3.05, 3.63) is 63.2 Å². The zero-order valence-electron chi connectivity index (χ0n) is 13.0. The summed E-state index contributed by atoms with van der Waals surface area (Å²) in [6.45, 7) is -0.301. The molecule has 8 heteroatoms. The number of para-hydroxylation sites is 1. The maximum absolute atomic E-state index is 12.7. The van der Waals surface area contributed by atoms with E-state index in [1.54, 1.807) is 12.1 Å². The number of hydrogen-bond acceptors (Lipinski definition) is 3. The van der Waals surface area contributed by atoms with E-state index in [2.05, 4.69) is 41.6 Å². The van der Waals surface area contributed by atoms with Crippen LogP contribution in [-0.2, 0) is 16.4 Å². The van der Waals surface area contributed by atoms with Crippen LogP contribution >= 0.6 is 31.9 Å². The van der Waals surface area contributed by atoms with Crippen molar-refractivity contribution in [2.75, 3.05) is 6.61 Å². The number of aromatic amines is 1. The minimum atomic E-state index is -3.78. The molecule has 0 aliphatic rings. The molecule has 25 heavy (non-hydrogen) atoms. The summed E-state index contributed by atoms with van der Waals surface area (Å²) in [6.07, 6.45) is 2.22. The summed E-state index contributed by atoms with van der Waals surface area (Å²) in [5.41, 5.74) is 1.93. The van der Waals surface area contributed by atoms with Crippen LogP contribution in [0.3, 0.4) is 0 Å². The first kappa shape index (κ1) is 18.6. The Balaban J connectivity index is 1.85. The molecule has 3 aromatic rings. The van der Waals surface area contributed by atoms with Crippen molar-refractivity contribution in [2.45, 2.75) is 17.4 Å². The number of aliphatic hydroxyl groups excluding tert-OH is 1. The minimum Gasteiger partial charge on any atom is -0.395 e. The molecule has 1 atom stereocenters. The van der Waals surface area contributed by atoms with Crippen LogP contribution in [-0.4, -0.2) is 31.2 Å². The second-order valence-corrected chi connectivity index (χ2v) is 9.09. The molecule has 0 aliphatic heterocycles. The lowest BCUT2D eigenvalue weighted by Gasteiger charge is -2.17. The second kappa shape index (κ2) is 7.59. The summed E-state index contributed by atoms with van der Waals surface area (Å²) in [7, 11) is -3.78. The topological polar surface area (TPSA) is 82.2 Å². The van der Waals surface area contributed by atoms with Gasteiger partial charge in [0.05, 0.1) is 11.5 Å². The Bertz CT molecular complexity index is 1000. The Hall–Kier alpha value is -1.19. The Kier molecular flexibility index (Phi) is 5.65. The van der Waals surface area contributed by atoms with Crippen LogP contribution in [0.2, 0.25) is 0 Å². The Labute approximate surface area is 162 Å². The van der Waals surface area contributed by atoms with E-state index in [-0.39, 0.29) is 11.5 Å². The van der Waals surface area contributed by atoms with E-state index in [0.717, 1.165) is 16.5 Å². The van der Waals surface area contributed by atoms with Gasteiger partial charge in [-0.15, -0.1) is 0 Å². The third-order valence-electron chi connectivity index (χ3n) is 3.87. The number of aromatic nitrogens is 1. The summed E-state index contributed by atoms with van der Waals surface area (Å²) in [4.78, 5) is 3.28. The van der Waals surface area contributed by atoms with Crippen molar-refractivity contribution >= 4 is 52.8 Å². The quantitative estimate of drug-likeness (QED) is 0.497. The number of rotatable bonds is 6. The third kappa shape index (κ3) is 4.15. The summed E-state index contributed by atoms with van der Waals surface area (Å²) >= 11 is 6.55. The zero-order chi connectivity index (χ0) is 18.0. The fraction of sp³-hybridized carbons (Fsp3) is 0.176. The predicted molar refractivity (Wildman–Crippen MR) is 105 cm³/mol. The van der Waals surface area contributed by atoms with Crippen molar-refractivity contribution in [3.63, 3.8) is 0 Å². The maximum Gasteiger partial charge on any atom is 0.242 e. The standard InChI is InChI=1S/C17H16Br2N2O3S/c18-12-5-6-15(19)17(8-12)25(23,24)21-13(10-22)7-11-9-20-16-4-2-1-3-14(11)16/h1-6,8-9,13,20-22H,7,10H2/t13-/m1/s1. The molecule has 1 aromatic heterocycles. The zero-order valence-corrected chi connectivity index (χ0v) is 17.0. The van der Waals surface area contributed by atoms with Gasteiger partial charge in [-0.05, 0) is 52.2 Å². The highest BCUT2D eigenvalue weighted by Crippen LogP contribution is 2.26. The highest BCUT2D eigenvalue weighted by molar-refractivity contribution is 9.11. The molecular formula is C17H16Br2N2O3S. The predicted octanol–water partition coefficient (Wildman–Crippen LogP) is 3.57. The number of H-pyrrole nitrogens is 1. The summed E-state index contributed by atoms with van der Waals surface area (Å²) in [6, 6.07) is 12.1. The Morgan fingerprint density at radius 1 is 1.16 bits per heavy atom. The van der Waals surface area contributed by atoms with Crippen molar-refractivity contribution < 1.29 is 13.5 Å². The summed E-state index contributed by atoms with van der Waals surface area (Å²) in [5.74, 6) is 0. The van der Waals surface area contributed by atoms with Crippen molar-refractivity contribution in [2.24, 2.45) is 0 Å². The number of sulfonamides is 1. The normalized spacial score (nSPS) is 13.2. The van der Waals surface area contributed by atoms with Crippen LogP contribution in [0.25, 0.3) is 10.9 Å². The van der Waals surface area contributed by atoms with Crippen LogP contribution in [0.1, 0.15) is 5.56 Å². The molecule has 0 bridgehead atoms. The molecular weight excluding hydrogens is 472 g/mol. The van der Waals surface area contributed by atoms with Gasteiger partial charge in [0.15, 0.2) is 0 Å². The number of aliphatic hydroxyl groups is 1. The van der Waals surface area contributed by atoms with Gasteiger partial charge in [-0.3, -0.25) is 0 Å². The molecule has 0 fully saturated rings. The van der Waals surface area contributed by atoms with E-state index in [0.29, 0.717) is 15.4 Å². The van der Waals surface area contributed by atoms with Crippen molar-refractivity contribution in [1.82, 2.24) is 9.71 Å². The molecule has 3 rings (SSSR count). The molecule has 0 amide bonds. The van der Waals surface area contributed by atoms with Gasteiger partial charge in [-0.1, -0.05) is 34.1 Å². The SMILES string of the molecule is O=S(=O)(N[C@@H](CO)Cc1c[nH]c2ccccc12)c1cc(Br)ccc1Br. The van der Waals surface area contributed by atoms with Gasteiger partial charge >= 0.3 is 0 Å². The molecule has 3 N–H and O–H groups in total. The van der Waals surface area contributed by atoms with E-state index in [4.69, 9.17) is 0 Å². The van der Waals surface area contributed by atoms with Crippen LogP contribution < -0.4 is 4.72 Å². The second-order valence-electron chi connectivity index (χ2n) is 5.64. The van der Waals surface area contributed by atoms with Gasteiger partial charge in [-0.2, -0.15) is 0 Å². The van der Waals surface area contributed by atoms with Gasteiger partial charge in [0.1, 0.15) is 0 Å². The molecule has 2 aromatic carbocycles. The largest absolute Gasteiger partial charge is 0.395 e. The Morgan fingerprint density at radius 3 is 2.68 bits per heavy atom. The monoisotopic (exact) mass is 486 g/mol. The average Bonchev–Trinajstić information content (AvgIpc) is 2.99. The van der Waals surface area contributed by atoms with E-state index >= 15 is 0 Å². The molecule has 5 nitrogen and oxygen atoms in total. The van der Waals surface area contributed by atoms with Crippen LogP contribution in [0.15, 0.2) is 62.5 Å². The molecule has 0 radical (unpaired) electrons. The lowest BCUT2D eigenvalue weighted by molar-refractivity contribution is 0.256. The van der Waals surface area contributed by atoms with Gasteiger partial charge < -0.3 is 10.1 Å². The lowest BCUT2D eigenvalue weighted by Crippen LogP contribution is -2.39. The molecule has 0 spiro atoms. The average molecular weight is 488 g/mol. The van der Waals surface area contributed by atoms with Gasteiger partial charge in [-0.25, -0.2) is 13.1 Å². The van der Waals surface area contributed by atoms with Gasteiger partial charge in [0.2, 0.25) is 10.0 Å². The molecule has 0 saturated heterocycles.